The van der Waals surface area contributed by atoms with Crippen LogP contribution in [0.1, 0.15) is 56.2 Å². The van der Waals surface area contributed by atoms with Crippen LogP contribution in [0.15, 0.2) is 71.3 Å². The first kappa shape index (κ1) is 19.4. The van der Waals surface area contributed by atoms with Crippen molar-refractivity contribution >= 4 is 11.9 Å². The summed E-state index contributed by atoms with van der Waals surface area (Å²) in [6, 6.07) is 17.9. The number of aliphatic hydroxyl groups excluding tert-OH is 1. The zero-order valence-electron chi connectivity index (χ0n) is 17.0. The Kier molecular flexibility index (Phi) is 5.26. The number of rotatable bonds is 1. The molecule has 0 aromatic heterocycles. The van der Waals surface area contributed by atoms with Gasteiger partial charge in [0.05, 0.1) is 6.10 Å². The summed E-state index contributed by atoms with van der Waals surface area (Å²) in [7, 11) is 0. The van der Waals surface area contributed by atoms with Gasteiger partial charge in [0.1, 0.15) is 0 Å². The number of hydrogen-bond donors (Lipinski definition) is 1. The molecule has 1 fully saturated rings. The van der Waals surface area contributed by atoms with Crippen LogP contribution in [0.4, 0.5) is 0 Å². The lowest BCUT2D eigenvalue weighted by Crippen LogP contribution is -2.42. The molecular weight excluding hydrogens is 356 g/mol. The fourth-order valence-corrected chi connectivity index (χ4v) is 4.62. The van der Waals surface area contributed by atoms with Crippen LogP contribution < -0.4 is 0 Å². The molecule has 4 rings (SSSR count). The highest BCUT2D eigenvalue weighted by Crippen LogP contribution is 2.50. The van der Waals surface area contributed by atoms with Crippen LogP contribution in [-0.2, 0) is 4.79 Å². The molecule has 2 nitrogen and oxygen atoms in total. The zero-order valence-corrected chi connectivity index (χ0v) is 17.0. The Labute approximate surface area is 173 Å². The lowest BCUT2D eigenvalue weighted by atomic mass is 9.61. The minimum atomic E-state index is -0.381. The fourth-order valence-electron chi connectivity index (χ4n) is 4.62. The van der Waals surface area contributed by atoms with Crippen molar-refractivity contribution in [2.24, 2.45) is 5.41 Å². The molecule has 0 unspecified atom stereocenters. The smallest absolute Gasteiger partial charge is 0.184 e. The molecule has 2 aliphatic carbocycles. The molecule has 1 saturated carbocycles. The number of ketones is 1. The minimum Gasteiger partial charge on any atom is -0.392 e. The maximum absolute atomic E-state index is 12.9. The van der Waals surface area contributed by atoms with E-state index in [4.69, 9.17) is 0 Å². The number of fused-ring (bicyclic) bond motifs is 1. The summed E-state index contributed by atoms with van der Waals surface area (Å²) in [6.45, 7) is 4.03. The van der Waals surface area contributed by atoms with Gasteiger partial charge in [-0.15, -0.1) is 0 Å². The standard InChI is InChI=1S/C27H26O2/c1-19-24-9-6-10-25(28)27(24,2)18-23(26(19)29)17-22-15-13-21(14-16-22)12-11-20-7-4-3-5-8-20/h3-5,7-8,13-17,25,28H,6,9-10,18H2,1-2H3/t25-,27-/m0/s1. The highest BCUT2D eigenvalue weighted by Gasteiger charge is 2.45. The van der Waals surface area contributed by atoms with Crippen LogP contribution in [0.25, 0.3) is 6.08 Å². The number of carbonyl (C=O) groups is 1. The molecule has 0 heterocycles. The third-order valence-corrected chi connectivity index (χ3v) is 6.35. The van der Waals surface area contributed by atoms with E-state index in [1.54, 1.807) is 0 Å². The first-order chi connectivity index (χ1) is 14.0. The van der Waals surface area contributed by atoms with Crippen LogP contribution in [0.2, 0.25) is 0 Å². The van der Waals surface area contributed by atoms with Gasteiger partial charge in [-0.3, -0.25) is 4.79 Å². The predicted octanol–water partition coefficient (Wildman–Crippen LogP) is 5.31. The monoisotopic (exact) mass is 382 g/mol. The van der Waals surface area contributed by atoms with E-state index in [9.17, 15) is 9.90 Å². The third-order valence-electron chi connectivity index (χ3n) is 6.35. The first-order valence-corrected chi connectivity index (χ1v) is 10.3. The van der Waals surface area contributed by atoms with Gasteiger partial charge >= 0.3 is 0 Å². The molecule has 0 spiro atoms. The Morgan fingerprint density at radius 1 is 1.03 bits per heavy atom. The van der Waals surface area contributed by atoms with Crippen molar-refractivity contribution in [1.82, 2.24) is 0 Å². The quantitative estimate of drug-likeness (QED) is 0.536. The van der Waals surface area contributed by atoms with Crippen LogP contribution >= 0.6 is 0 Å². The molecule has 2 heteroatoms. The van der Waals surface area contributed by atoms with E-state index in [1.165, 1.54) is 0 Å². The van der Waals surface area contributed by atoms with Gasteiger partial charge < -0.3 is 5.11 Å². The van der Waals surface area contributed by atoms with Gasteiger partial charge in [-0.1, -0.05) is 54.7 Å². The number of aliphatic hydroxyl groups is 1. The van der Waals surface area contributed by atoms with E-state index < -0.39 is 0 Å². The van der Waals surface area contributed by atoms with Gasteiger partial charge in [-0.2, -0.15) is 0 Å². The van der Waals surface area contributed by atoms with Gasteiger partial charge in [-0.05, 0) is 74.1 Å². The lowest BCUT2D eigenvalue weighted by molar-refractivity contribution is -0.113. The van der Waals surface area contributed by atoms with Gasteiger partial charge in [0, 0.05) is 22.1 Å². The Hall–Kier alpha value is -2.89. The van der Waals surface area contributed by atoms with Gasteiger partial charge in [0.2, 0.25) is 0 Å². The first-order valence-electron chi connectivity index (χ1n) is 10.3. The molecule has 0 aliphatic heterocycles. The van der Waals surface area contributed by atoms with Gasteiger partial charge in [0.25, 0.3) is 0 Å². The molecular formula is C27H26O2. The Balaban J connectivity index is 1.59. The third kappa shape index (κ3) is 3.84. The van der Waals surface area contributed by atoms with Crippen molar-refractivity contribution in [3.05, 3.63) is 88.0 Å². The predicted molar refractivity (Wildman–Crippen MR) is 117 cm³/mol. The Morgan fingerprint density at radius 2 is 1.69 bits per heavy atom. The number of hydrogen-bond acceptors (Lipinski definition) is 2. The van der Waals surface area contributed by atoms with Gasteiger partial charge in [0.15, 0.2) is 5.78 Å². The molecule has 0 radical (unpaired) electrons. The Morgan fingerprint density at radius 3 is 2.38 bits per heavy atom. The Bertz CT molecular complexity index is 1050. The van der Waals surface area contributed by atoms with Crippen molar-refractivity contribution in [3.63, 3.8) is 0 Å². The topological polar surface area (TPSA) is 37.3 Å². The summed E-state index contributed by atoms with van der Waals surface area (Å²) in [5, 5.41) is 10.7. The summed E-state index contributed by atoms with van der Waals surface area (Å²) in [6.07, 6.45) is 4.89. The highest BCUT2D eigenvalue weighted by molar-refractivity contribution is 6.12. The molecule has 2 aliphatic rings. The van der Waals surface area contributed by atoms with E-state index >= 15 is 0 Å². The molecule has 0 amide bonds. The summed E-state index contributed by atoms with van der Waals surface area (Å²) >= 11 is 0. The van der Waals surface area contributed by atoms with Crippen LogP contribution in [0.5, 0.6) is 0 Å². The second-order valence-electron chi connectivity index (χ2n) is 8.34. The maximum atomic E-state index is 12.9. The maximum Gasteiger partial charge on any atom is 0.184 e. The molecule has 1 N–H and O–H groups in total. The number of Topliss-reactive ketones (excluding diaryl/α,β-unsaturated/α-hetero) is 1. The lowest BCUT2D eigenvalue weighted by Gasteiger charge is -2.45. The zero-order chi connectivity index (χ0) is 20.4. The molecule has 2 atom stereocenters. The average Bonchev–Trinajstić information content (AvgIpc) is 2.74. The SMILES string of the molecule is CC1=C2CCC[C@H](O)[C@@]2(C)CC(=Cc2ccc(C#Cc3ccccc3)cc2)C1=O. The summed E-state index contributed by atoms with van der Waals surface area (Å²) in [5.41, 5.74) is 5.38. The number of allylic oxidation sites excluding steroid dienone is 2. The molecule has 29 heavy (non-hydrogen) atoms. The van der Waals surface area contributed by atoms with E-state index in [0.29, 0.717) is 6.42 Å². The molecule has 0 bridgehead atoms. The van der Waals surface area contributed by atoms with Crippen LogP contribution in [0.3, 0.4) is 0 Å². The molecule has 2 aromatic rings. The number of carbonyl (C=O) groups excluding carboxylic acids is 1. The summed E-state index contributed by atoms with van der Waals surface area (Å²) in [5.74, 6) is 6.47. The molecule has 0 saturated heterocycles. The van der Waals surface area contributed by atoms with Crippen molar-refractivity contribution in [1.29, 1.82) is 0 Å². The molecule has 2 aromatic carbocycles. The van der Waals surface area contributed by atoms with Crippen molar-refractivity contribution in [3.8, 4) is 11.8 Å². The second kappa shape index (κ2) is 7.85. The summed E-state index contributed by atoms with van der Waals surface area (Å²) in [4.78, 5) is 12.9. The molecule has 146 valence electrons. The van der Waals surface area contributed by atoms with E-state index in [0.717, 1.165) is 52.7 Å². The van der Waals surface area contributed by atoms with Crippen molar-refractivity contribution < 1.29 is 9.90 Å². The largest absolute Gasteiger partial charge is 0.392 e. The van der Waals surface area contributed by atoms with Crippen molar-refractivity contribution in [2.45, 2.75) is 45.6 Å². The van der Waals surface area contributed by atoms with Gasteiger partial charge in [-0.25, -0.2) is 0 Å². The average molecular weight is 383 g/mol. The van der Waals surface area contributed by atoms with Crippen LogP contribution in [-0.4, -0.2) is 17.0 Å². The number of benzene rings is 2. The minimum absolute atomic E-state index is 0.125. The summed E-state index contributed by atoms with van der Waals surface area (Å²) < 4.78 is 0. The van der Waals surface area contributed by atoms with E-state index in [1.807, 2.05) is 67.6 Å². The fraction of sp³-hybridized carbons (Fsp3) is 0.296. The van der Waals surface area contributed by atoms with Crippen molar-refractivity contribution in [2.75, 3.05) is 0 Å². The highest BCUT2D eigenvalue weighted by atomic mass is 16.3. The normalized spacial score (nSPS) is 25.4. The van der Waals surface area contributed by atoms with Crippen LogP contribution in [0, 0.1) is 17.3 Å². The van der Waals surface area contributed by atoms with E-state index in [2.05, 4.69) is 18.8 Å². The van der Waals surface area contributed by atoms with E-state index in [-0.39, 0.29) is 17.3 Å². The second-order valence-corrected chi connectivity index (χ2v) is 8.34.